The Morgan fingerprint density at radius 2 is 2.16 bits per heavy atom. The molecular formula is C12H18N4O3. The van der Waals surface area contributed by atoms with Crippen LogP contribution in [0.3, 0.4) is 0 Å². The first-order valence-electron chi connectivity index (χ1n) is 6.09. The van der Waals surface area contributed by atoms with Crippen LogP contribution in [0.2, 0.25) is 0 Å². The highest BCUT2D eigenvalue weighted by molar-refractivity contribution is 5.98. The van der Waals surface area contributed by atoms with Gasteiger partial charge in [-0.3, -0.25) is 0 Å². The summed E-state index contributed by atoms with van der Waals surface area (Å²) >= 11 is 0. The molecule has 0 aliphatic heterocycles. The number of anilines is 1. The first kappa shape index (κ1) is 14.9. The number of carbonyl (C=O) groups is 2. The smallest absolute Gasteiger partial charge is 0.356 e. The summed E-state index contributed by atoms with van der Waals surface area (Å²) in [5.41, 5.74) is 0.00415. The van der Waals surface area contributed by atoms with Crippen LogP contribution >= 0.6 is 0 Å². The zero-order valence-corrected chi connectivity index (χ0v) is 10.8. The minimum Gasteiger partial charge on any atom is -0.476 e. The molecule has 0 aliphatic rings. The van der Waals surface area contributed by atoms with Crippen LogP contribution in [-0.2, 0) is 0 Å². The average Bonchev–Trinajstić information content (AvgIpc) is 2.39. The summed E-state index contributed by atoms with van der Waals surface area (Å²) in [5.74, 6) is -1.18. The highest BCUT2D eigenvalue weighted by Crippen LogP contribution is 2.11. The zero-order chi connectivity index (χ0) is 14.1. The van der Waals surface area contributed by atoms with Gasteiger partial charge in [0.05, 0.1) is 5.69 Å². The molecule has 4 N–H and O–H groups in total. The molecule has 1 heterocycles. The summed E-state index contributed by atoms with van der Waals surface area (Å²) in [6, 6.07) is 2.62. The Balaban J connectivity index is 2.42. The van der Waals surface area contributed by atoms with Gasteiger partial charge in [-0.1, -0.05) is 6.92 Å². The number of urea groups is 1. The maximum Gasteiger partial charge on any atom is 0.356 e. The number of hydrogen-bond donors (Lipinski definition) is 4. The summed E-state index contributed by atoms with van der Waals surface area (Å²) in [6.07, 6.45) is 2.17. The van der Waals surface area contributed by atoms with E-state index >= 15 is 0 Å². The van der Waals surface area contributed by atoms with Gasteiger partial charge in [-0.05, 0) is 31.6 Å². The predicted octanol–water partition coefficient (Wildman–Crippen LogP) is 0.901. The van der Waals surface area contributed by atoms with Gasteiger partial charge >= 0.3 is 12.0 Å². The second-order valence-corrected chi connectivity index (χ2v) is 3.79. The largest absolute Gasteiger partial charge is 0.476 e. The van der Waals surface area contributed by atoms with Gasteiger partial charge in [0, 0.05) is 12.7 Å². The first-order valence-corrected chi connectivity index (χ1v) is 6.09. The Labute approximate surface area is 111 Å². The Kier molecular flexibility index (Phi) is 6.31. The van der Waals surface area contributed by atoms with Crippen LogP contribution in [0.4, 0.5) is 10.5 Å². The van der Waals surface area contributed by atoms with Crippen molar-refractivity contribution < 1.29 is 14.7 Å². The van der Waals surface area contributed by atoms with Crippen molar-refractivity contribution in [3.8, 4) is 0 Å². The Morgan fingerprint density at radius 1 is 1.37 bits per heavy atom. The first-order chi connectivity index (χ1) is 9.15. The van der Waals surface area contributed by atoms with Crippen molar-refractivity contribution in [3.05, 3.63) is 24.0 Å². The molecule has 2 amide bonds. The lowest BCUT2D eigenvalue weighted by Crippen LogP contribution is -2.31. The molecule has 1 rings (SSSR count). The van der Waals surface area contributed by atoms with Gasteiger partial charge in [-0.25, -0.2) is 14.6 Å². The third-order valence-corrected chi connectivity index (χ3v) is 2.32. The molecule has 0 saturated carbocycles. The SMILES string of the molecule is CCNCCCNC(=O)Nc1cccnc1C(=O)O. The number of carboxylic acids is 1. The van der Waals surface area contributed by atoms with E-state index in [-0.39, 0.29) is 11.4 Å². The second kappa shape index (κ2) is 8.04. The Morgan fingerprint density at radius 3 is 2.84 bits per heavy atom. The lowest BCUT2D eigenvalue weighted by Gasteiger charge is -2.09. The van der Waals surface area contributed by atoms with Crippen molar-refractivity contribution in [1.82, 2.24) is 15.6 Å². The zero-order valence-electron chi connectivity index (χ0n) is 10.8. The van der Waals surface area contributed by atoms with E-state index in [0.717, 1.165) is 19.5 Å². The monoisotopic (exact) mass is 266 g/mol. The molecule has 0 radical (unpaired) electrons. The molecule has 0 saturated heterocycles. The number of hydrogen-bond acceptors (Lipinski definition) is 4. The number of aromatic carboxylic acids is 1. The molecular weight excluding hydrogens is 248 g/mol. The van der Waals surface area contributed by atoms with Gasteiger partial charge in [-0.2, -0.15) is 0 Å². The molecule has 104 valence electrons. The number of pyridine rings is 1. The number of nitrogens with zero attached hydrogens (tertiary/aromatic N) is 1. The van der Waals surface area contributed by atoms with Crippen LogP contribution in [0.25, 0.3) is 0 Å². The van der Waals surface area contributed by atoms with E-state index in [9.17, 15) is 9.59 Å². The van der Waals surface area contributed by atoms with Gasteiger partial charge in [0.1, 0.15) is 0 Å². The summed E-state index contributed by atoms with van der Waals surface area (Å²) < 4.78 is 0. The van der Waals surface area contributed by atoms with Gasteiger partial charge in [-0.15, -0.1) is 0 Å². The maximum atomic E-state index is 11.6. The van der Waals surface area contributed by atoms with E-state index in [4.69, 9.17) is 5.11 Å². The van der Waals surface area contributed by atoms with Crippen LogP contribution < -0.4 is 16.0 Å². The minimum absolute atomic E-state index is 0.176. The molecule has 1 aromatic rings. The summed E-state index contributed by atoms with van der Waals surface area (Å²) in [6.45, 7) is 4.24. The van der Waals surface area contributed by atoms with Crippen LogP contribution in [0.5, 0.6) is 0 Å². The fourth-order valence-corrected chi connectivity index (χ4v) is 1.44. The molecule has 0 unspecified atom stereocenters. The molecule has 0 atom stereocenters. The molecule has 0 fully saturated rings. The Hall–Kier alpha value is -2.15. The fourth-order valence-electron chi connectivity index (χ4n) is 1.44. The van der Waals surface area contributed by atoms with Gasteiger partial charge in [0.2, 0.25) is 0 Å². The van der Waals surface area contributed by atoms with Gasteiger partial charge in [0.25, 0.3) is 0 Å². The van der Waals surface area contributed by atoms with Crippen LogP contribution in [0, 0.1) is 0 Å². The van der Waals surface area contributed by atoms with E-state index in [1.165, 1.54) is 12.3 Å². The summed E-state index contributed by atoms with van der Waals surface area (Å²) in [5, 5.41) is 17.2. The van der Waals surface area contributed by atoms with Crippen LogP contribution in [-0.4, -0.2) is 41.7 Å². The normalized spacial score (nSPS) is 9.95. The third-order valence-electron chi connectivity index (χ3n) is 2.32. The quantitative estimate of drug-likeness (QED) is 0.549. The lowest BCUT2D eigenvalue weighted by atomic mass is 10.3. The van der Waals surface area contributed by atoms with Crippen molar-refractivity contribution in [2.45, 2.75) is 13.3 Å². The number of aromatic nitrogens is 1. The van der Waals surface area contributed by atoms with Crippen molar-refractivity contribution in [2.75, 3.05) is 25.0 Å². The minimum atomic E-state index is -1.18. The van der Waals surface area contributed by atoms with Crippen molar-refractivity contribution in [1.29, 1.82) is 0 Å². The molecule has 0 bridgehead atoms. The second-order valence-electron chi connectivity index (χ2n) is 3.79. The van der Waals surface area contributed by atoms with E-state index in [2.05, 4.69) is 20.9 Å². The number of rotatable bonds is 7. The van der Waals surface area contributed by atoms with E-state index in [1.54, 1.807) is 6.07 Å². The predicted molar refractivity (Wildman–Crippen MR) is 71.4 cm³/mol. The van der Waals surface area contributed by atoms with E-state index in [0.29, 0.717) is 6.54 Å². The van der Waals surface area contributed by atoms with Crippen molar-refractivity contribution in [2.24, 2.45) is 0 Å². The molecule has 7 heteroatoms. The molecule has 19 heavy (non-hydrogen) atoms. The third kappa shape index (κ3) is 5.35. The van der Waals surface area contributed by atoms with Crippen molar-refractivity contribution in [3.63, 3.8) is 0 Å². The summed E-state index contributed by atoms with van der Waals surface area (Å²) in [4.78, 5) is 26.1. The highest BCUT2D eigenvalue weighted by atomic mass is 16.4. The average molecular weight is 266 g/mol. The number of carboxylic acid groups (broad SMARTS) is 1. The number of carbonyl (C=O) groups excluding carboxylic acids is 1. The number of amides is 2. The van der Waals surface area contributed by atoms with E-state index in [1.807, 2.05) is 6.92 Å². The van der Waals surface area contributed by atoms with Gasteiger partial charge < -0.3 is 21.1 Å². The standard InChI is InChI=1S/C12H18N4O3/c1-2-13-6-4-8-15-12(19)16-9-5-3-7-14-10(9)11(17)18/h3,5,7,13H,2,4,6,8H2,1H3,(H,17,18)(H2,15,16,19). The van der Waals surface area contributed by atoms with Crippen LogP contribution in [0.15, 0.2) is 18.3 Å². The molecule has 0 aliphatic carbocycles. The topological polar surface area (TPSA) is 103 Å². The fraction of sp³-hybridized carbons (Fsp3) is 0.417. The van der Waals surface area contributed by atoms with E-state index < -0.39 is 12.0 Å². The summed E-state index contributed by atoms with van der Waals surface area (Å²) in [7, 11) is 0. The van der Waals surface area contributed by atoms with Gasteiger partial charge in [0.15, 0.2) is 5.69 Å². The maximum absolute atomic E-state index is 11.6. The molecule has 1 aromatic heterocycles. The molecule has 0 spiro atoms. The molecule has 7 nitrogen and oxygen atoms in total. The molecule has 0 aromatic carbocycles. The number of nitrogens with one attached hydrogen (secondary N) is 3. The van der Waals surface area contributed by atoms with Crippen LogP contribution in [0.1, 0.15) is 23.8 Å². The Bertz CT molecular complexity index is 437. The van der Waals surface area contributed by atoms with Crippen molar-refractivity contribution >= 4 is 17.7 Å². The lowest BCUT2D eigenvalue weighted by molar-refractivity contribution is 0.0692. The highest BCUT2D eigenvalue weighted by Gasteiger charge is 2.12.